The van der Waals surface area contributed by atoms with E-state index >= 15 is 0 Å². The summed E-state index contributed by atoms with van der Waals surface area (Å²) in [6.07, 6.45) is 0. The van der Waals surface area contributed by atoms with Crippen molar-refractivity contribution in [3.63, 3.8) is 0 Å². The zero-order chi connectivity index (χ0) is 21.5. The molecule has 1 aliphatic heterocycles. The molecule has 0 saturated carbocycles. The summed E-state index contributed by atoms with van der Waals surface area (Å²) in [6.45, 7) is 0.822. The number of likely N-dealkylation sites (N-methyl/N-ethyl adjacent to an activating group) is 1. The topological polar surface area (TPSA) is 45.2 Å². The molecular formula is C22H27F2N3O3. The van der Waals surface area contributed by atoms with Gasteiger partial charge in [0.1, 0.15) is 11.5 Å². The van der Waals surface area contributed by atoms with E-state index in [4.69, 9.17) is 4.74 Å². The van der Waals surface area contributed by atoms with Crippen molar-refractivity contribution in [1.82, 2.24) is 9.80 Å². The lowest BCUT2D eigenvalue weighted by Crippen LogP contribution is -2.51. The van der Waals surface area contributed by atoms with Crippen LogP contribution in [0.5, 0.6) is 11.5 Å². The molecule has 0 unspecified atom stereocenters. The molecule has 8 heteroatoms. The zero-order valence-corrected chi connectivity index (χ0v) is 17.3. The van der Waals surface area contributed by atoms with Crippen LogP contribution in [-0.4, -0.2) is 69.2 Å². The Kier molecular flexibility index (Phi) is 7.46. The summed E-state index contributed by atoms with van der Waals surface area (Å²) < 4.78 is 34.2. The number of halogens is 2. The monoisotopic (exact) mass is 419 g/mol. The van der Waals surface area contributed by atoms with E-state index in [2.05, 4.69) is 9.64 Å². The smallest absolute Gasteiger partial charge is 0.387 e. The molecule has 1 saturated heterocycles. The summed E-state index contributed by atoms with van der Waals surface area (Å²) in [6, 6.07) is 14.4. The van der Waals surface area contributed by atoms with Crippen molar-refractivity contribution in [3.8, 4) is 11.5 Å². The fourth-order valence-electron chi connectivity index (χ4n) is 3.56. The second-order valence-corrected chi connectivity index (χ2v) is 7.23. The van der Waals surface area contributed by atoms with Crippen LogP contribution in [0.15, 0.2) is 48.5 Å². The predicted molar refractivity (Wildman–Crippen MR) is 111 cm³/mol. The molecule has 0 radical (unpaired) electrons. The minimum absolute atomic E-state index is 0.0785. The van der Waals surface area contributed by atoms with Crippen LogP contribution in [0.1, 0.15) is 5.56 Å². The Balaban J connectivity index is 1.47. The minimum atomic E-state index is -2.83. The lowest BCUT2D eigenvalue weighted by molar-refractivity contribution is -0.132. The standard InChI is InChI=1S/C22H27F2N3O3/c1-25(15-17-7-9-18(10-8-17)30-22(23)24)16-21(28)27-13-11-26(12-14-27)19-5-3-4-6-20(19)29-2/h3-10,22H,11-16H2,1-2H3. The molecule has 162 valence electrons. The molecule has 30 heavy (non-hydrogen) atoms. The van der Waals surface area contributed by atoms with Crippen molar-refractivity contribution in [3.05, 3.63) is 54.1 Å². The van der Waals surface area contributed by atoms with Crippen LogP contribution in [0.25, 0.3) is 0 Å². The number of benzene rings is 2. The van der Waals surface area contributed by atoms with Gasteiger partial charge in [-0.25, -0.2) is 0 Å². The third kappa shape index (κ3) is 5.82. The maximum absolute atomic E-state index is 12.7. The van der Waals surface area contributed by atoms with Crippen molar-refractivity contribution in [2.75, 3.05) is 51.8 Å². The number of ether oxygens (including phenoxy) is 2. The first-order valence-electron chi connectivity index (χ1n) is 9.84. The third-order valence-corrected chi connectivity index (χ3v) is 5.06. The van der Waals surface area contributed by atoms with E-state index in [1.807, 2.05) is 41.1 Å². The van der Waals surface area contributed by atoms with Crippen LogP contribution >= 0.6 is 0 Å². The number of alkyl halides is 2. The number of anilines is 1. The number of rotatable bonds is 8. The van der Waals surface area contributed by atoms with Gasteiger partial charge in [0.15, 0.2) is 0 Å². The molecular weight excluding hydrogens is 392 g/mol. The van der Waals surface area contributed by atoms with Crippen molar-refractivity contribution in [2.45, 2.75) is 13.2 Å². The van der Waals surface area contributed by atoms with E-state index < -0.39 is 6.61 Å². The van der Waals surface area contributed by atoms with Crippen molar-refractivity contribution < 1.29 is 23.0 Å². The molecule has 0 atom stereocenters. The molecule has 1 fully saturated rings. The summed E-state index contributed by atoms with van der Waals surface area (Å²) in [4.78, 5) is 18.7. The first-order chi connectivity index (χ1) is 14.5. The minimum Gasteiger partial charge on any atom is -0.495 e. The van der Waals surface area contributed by atoms with Gasteiger partial charge in [0.2, 0.25) is 5.91 Å². The van der Waals surface area contributed by atoms with Crippen LogP contribution < -0.4 is 14.4 Å². The number of nitrogens with zero attached hydrogens (tertiary/aromatic N) is 3. The van der Waals surface area contributed by atoms with Gasteiger partial charge in [-0.3, -0.25) is 9.69 Å². The molecule has 0 spiro atoms. The molecule has 2 aromatic rings. The average Bonchev–Trinajstić information content (AvgIpc) is 2.74. The zero-order valence-electron chi connectivity index (χ0n) is 17.3. The Morgan fingerprint density at radius 3 is 2.37 bits per heavy atom. The molecule has 1 aliphatic rings. The number of para-hydroxylation sites is 2. The number of hydrogen-bond acceptors (Lipinski definition) is 5. The molecule has 1 heterocycles. The number of piperazine rings is 1. The maximum atomic E-state index is 12.7. The lowest BCUT2D eigenvalue weighted by Gasteiger charge is -2.37. The molecule has 1 amide bonds. The molecule has 2 aromatic carbocycles. The average molecular weight is 419 g/mol. The van der Waals surface area contributed by atoms with E-state index in [0.717, 1.165) is 30.1 Å². The van der Waals surface area contributed by atoms with Gasteiger partial charge in [0.05, 0.1) is 19.3 Å². The molecule has 0 bridgehead atoms. The highest BCUT2D eigenvalue weighted by molar-refractivity contribution is 5.78. The molecule has 3 rings (SSSR count). The van der Waals surface area contributed by atoms with Gasteiger partial charge in [-0.1, -0.05) is 24.3 Å². The van der Waals surface area contributed by atoms with E-state index in [0.29, 0.717) is 26.2 Å². The highest BCUT2D eigenvalue weighted by Gasteiger charge is 2.23. The van der Waals surface area contributed by atoms with Crippen molar-refractivity contribution >= 4 is 11.6 Å². The van der Waals surface area contributed by atoms with Crippen LogP contribution in [0.2, 0.25) is 0 Å². The number of amides is 1. The first kappa shape index (κ1) is 21.8. The maximum Gasteiger partial charge on any atom is 0.387 e. The van der Waals surface area contributed by atoms with Crippen LogP contribution in [-0.2, 0) is 11.3 Å². The highest BCUT2D eigenvalue weighted by Crippen LogP contribution is 2.28. The number of methoxy groups -OCH3 is 1. The Hall–Kier alpha value is -2.87. The van der Waals surface area contributed by atoms with Crippen molar-refractivity contribution in [1.29, 1.82) is 0 Å². The Morgan fingerprint density at radius 1 is 1.07 bits per heavy atom. The molecule has 0 N–H and O–H groups in total. The number of carbonyl (C=O) groups excluding carboxylic acids is 1. The summed E-state index contributed by atoms with van der Waals surface area (Å²) in [7, 11) is 3.53. The van der Waals surface area contributed by atoms with Gasteiger partial charge in [0.25, 0.3) is 0 Å². The van der Waals surface area contributed by atoms with Gasteiger partial charge in [-0.2, -0.15) is 8.78 Å². The largest absolute Gasteiger partial charge is 0.495 e. The van der Waals surface area contributed by atoms with Crippen molar-refractivity contribution in [2.24, 2.45) is 0 Å². The van der Waals surface area contributed by atoms with Gasteiger partial charge in [-0.15, -0.1) is 0 Å². The predicted octanol–water partition coefficient (Wildman–Crippen LogP) is 3.08. The second kappa shape index (κ2) is 10.2. The summed E-state index contributed by atoms with van der Waals surface area (Å²) in [5.74, 6) is 1.04. The third-order valence-electron chi connectivity index (χ3n) is 5.06. The van der Waals surface area contributed by atoms with Gasteiger partial charge >= 0.3 is 6.61 Å². The first-order valence-corrected chi connectivity index (χ1v) is 9.84. The Bertz CT molecular complexity index is 825. The molecule has 0 aliphatic carbocycles. The fourth-order valence-corrected chi connectivity index (χ4v) is 3.56. The number of carbonyl (C=O) groups is 1. The molecule has 0 aromatic heterocycles. The fraction of sp³-hybridized carbons (Fsp3) is 0.409. The van der Waals surface area contributed by atoms with E-state index in [1.165, 1.54) is 12.1 Å². The van der Waals surface area contributed by atoms with E-state index in [9.17, 15) is 13.6 Å². The Labute approximate surface area is 175 Å². The Morgan fingerprint density at radius 2 is 1.73 bits per heavy atom. The second-order valence-electron chi connectivity index (χ2n) is 7.23. The van der Waals surface area contributed by atoms with Gasteiger partial charge < -0.3 is 19.3 Å². The quantitative estimate of drug-likeness (QED) is 0.658. The number of hydrogen-bond donors (Lipinski definition) is 0. The lowest BCUT2D eigenvalue weighted by atomic mass is 10.2. The molecule has 6 nitrogen and oxygen atoms in total. The normalized spacial score (nSPS) is 14.3. The van der Waals surface area contributed by atoms with Crippen LogP contribution in [0, 0.1) is 0 Å². The summed E-state index contributed by atoms with van der Waals surface area (Å²) in [5.41, 5.74) is 1.97. The van der Waals surface area contributed by atoms with Crippen LogP contribution in [0.4, 0.5) is 14.5 Å². The highest BCUT2D eigenvalue weighted by atomic mass is 19.3. The summed E-state index contributed by atoms with van der Waals surface area (Å²) in [5, 5.41) is 0. The van der Waals surface area contributed by atoms with Crippen LogP contribution in [0.3, 0.4) is 0 Å². The van der Waals surface area contributed by atoms with E-state index in [-0.39, 0.29) is 11.7 Å². The SMILES string of the molecule is COc1ccccc1N1CCN(C(=O)CN(C)Cc2ccc(OC(F)F)cc2)CC1. The van der Waals surface area contributed by atoms with Gasteiger partial charge in [0, 0.05) is 32.7 Å². The van der Waals surface area contributed by atoms with E-state index in [1.54, 1.807) is 19.2 Å². The summed E-state index contributed by atoms with van der Waals surface area (Å²) >= 11 is 0. The van der Waals surface area contributed by atoms with Gasteiger partial charge in [-0.05, 0) is 36.9 Å².